The monoisotopic (exact) mass is 283 g/mol. The van der Waals surface area contributed by atoms with E-state index in [-0.39, 0.29) is 12.3 Å². The normalized spacial score (nSPS) is 19.2. The second-order valence-corrected chi connectivity index (χ2v) is 5.47. The molecule has 19 heavy (non-hydrogen) atoms. The van der Waals surface area contributed by atoms with Crippen LogP contribution >= 0.6 is 11.8 Å². The Balaban J connectivity index is 2.07. The molecule has 1 aromatic carbocycles. The van der Waals surface area contributed by atoms with Crippen molar-refractivity contribution in [2.24, 2.45) is 0 Å². The molecular weight excluding hydrogens is 269 g/mol. The summed E-state index contributed by atoms with van der Waals surface area (Å²) in [5, 5.41) is 9.10. The number of thioether (sulfide) groups is 1. The summed E-state index contributed by atoms with van der Waals surface area (Å²) in [4.78, 5) is 24.6. The van der Waals surface area contributed by atoms with Crippen molar-refractivity contribution in [2.45, 2.75) is 12.5 Å². The summed E-state index contributed by atoms with van der Waals surface area (Å²) in [6.07, 6.45) is 0.0339. The molecule has 1 aliphatic rings. The van der Waals surface area contributed by atoms with E-state index in [2.05, 4.69) is 0 Å². The molecule has 0 aliphatic carbocycles. The van der Waals surface area contributed by atoms with Crippen molar-refractivity contribution in [3.63, 3.8) is 0 Å². The van der Waals surface area contributed by atoms with E-state index >= 15 is 0 Å². The van der Waals surface area contributed by atoms with Crippen LogP contribution in [0.1, 0.15) is 5.56 Å². The van der Waals surface area contributed by atoms with E-state index in [1.807, 2.05) is 0 Å². The Morgan fingerprint density at radius 1 is 1.47 bits per heavy atom. The van der Waals surface area contributed by atoms with Crippen LogP contribution in [0, 0.1) is 5.82 Å². The number of carbonyl (C=O) groups is 2. The zero-order valence-corrected chi connectivity index (χ0v) is 11.0. The Morgan fingerprint density at radius 3 is 2.95 bits per heavy atom. The summed E-state index contributed by atoms with van der Waals surface area (Å²) < 4.78 is 13.0. The van der Waals surface area contributed by atoms with Gasteiger partial charge in [0.25, 0.3) is 0 Å². The molecule has 0 saturated carbocycles. The van der Waals surface area contributed by atoms with Crippen molar-refractivity contribution in [3.8, 4) is 0 Å². The van der Waals surface area contributed by atoms with Crippen molar-refractivity contribution in [2.75, 3.05) is 18.1 Å². The highest BCUT2D eigenvalue weighted by atomic mass is 32.2. The van der Waals surface area contributed by atoms with Crippen molar-refractivity contribution in [1.82, 2.24) is 4.90 Å². The fourth-order valence-corrected chi connectivity index (χ4v) is 3.07. The number of halogens is 1. The minimum atomic E-state index is -0.986. The van der Waals surface area contributed by atoms with Crippen molar-refractivity contribution in [1.29, 1.82) is 0 Å². The lowest BCUT2D eigenvalue weighted by atomic mass is 10.1. The lowest BCUT2D eigenvalue weighted by Gasteiger charge is -2.32. The van der Waals surface area contributed by atoms with Gasteiger partial charge in [0.2, 0.25) is 5.91 Å². The lowest BCUT2D eigenvalue weighted by molar-refractivity contribution is -0.148. The molecule has 1 saturated heterocycles. The van der Waals surface area contributed by atoms with Crippen LogP contribution in [0.5, 0.6) is 0 Å². The van der Waals surface area contributed by atoms with E-state index in [4.69, 9.17) is 5.11 Å². The zero-order valence-electron chi connectivity index (χ0n) is 10.2. The summed E-state index contributed by atoms with van der Waals surface area (Å²) in [5.74, 6) is -0.504. The molecule has 1 atom stereocenters. The molecule has 4 nitrogen and oxygen atoms in total. The van der Waals surface area contributed by atoms with Crippen LogP contribution in [0.3, 0.4) is 0 Å². The van der Waals surface area contributed by atoms with Gasteiger partial charge in [-0.1, -0.05) is 12.1 Å². The molecule has 0 aromatic heterocycles. The van der Waals surface area contributed by atoms with Crippen LogP contribution in [0.4, 0.5) is 4.39 Å². The highest BCUT2D eigenvalue weighted by molar-refractivity contribution is 7.99. The van der Waals surface area contributed by atoms with Crippen molar-refractivity contribution in [3.05, 3.63) is 35.6 Å². The number of rotatable bonds is 3. The SMILES string of the molecule is O=C(O)C1CSCCN1C(=O)Cc1cccc(F)c1. The smallest absolute Gasteiger partial charge is 0.327 e. The number of carboxylic acids is 1. The number of nitrogens with zero attached hydrogens (tertiary/aromatic N) is 1. The molecule has 2 rings (SSSR count). The van der Waals surface area contributed by atoms with Crippen LogP contribution in [0.15, 0.2) is 24.3 Å². The topological polar surface area (TPSA) is 57.6 Å². The Hall–Kier alpha value is -1.56. The van der Waals surface area contributed by atoms with Gasteiger partial charge in [0.05, 0.1) is 6.42 Å². The molecule has 1 amide bonds. The first-order valence-electron chi connectivity index (χ1n) is 5.92. The fourth-order valence-electron chi connectivity index (χ4n) is 2.03. The Morgan fingerprint density at radius 2 is 2.26 bits per heavy atom. The summed E-state index contributed by atoms with van der Waals surface area (Å²) >= 11 is 1.53. The second-order valence-electron chi connectivity index (χ2n) is 4.32. The van der Waals surface area contributed by atoms with E-state index < -0.39 is 17.8 Å². The van der Waals surface area contributed by atoms with E-state index in [0.717, 1.165) is 5.75 Å². The van der Waals surface area contributed by atoms with Crippen molar-refractivity contribution < 1.29 is 19.1 Å². The summed E-state index contributed by atoms with van der Waals surface area (Å²) in [6.45, 7) is 0.426. The molecule has 0 spiro atoms. The lowest BCUT2D eigenvalue weighted by Crippen LogP contribution is -2.50. The largest absolute Gasteiger partial charge is 0.480 e. The zero-order chi connectivity index (χ0) is 13.8. The predicted octanol–water partition coefficient (Wildman–Crippen LogP) is 1.40. The summed E-state index contributed by atoms with van der Waals surface area (Å²) in [5.41, 5.74) is 0.562. The van der Waals surface area contributed by atoms with E-state index in [9.17, 15) is 14.0 Å². The van der Waals surface area contributed by atoms with Crippen LogP contribution < -0.4 is 0 Å². The van der Waals surface area contributed by atoms with Gasteiger partial charge in [-0.25, -0.2) is 9.18 Å². The Bertz CT molecular complexity index is 495. The number of hydrogen-bond acceptors (Lipinski definition) is 3. The molecule has 1 unspecified atom stereocenters. The molecule has 1 fully saturated rings. The van der Waals surface area contributed by atoms with Crippen LogP contribution in [-0.2, 0) is 16.0 Å². The number of carbonyl (C=O) groups excluding carboxylic acids is 1. The minimum Gasteiger partial charge on any atom is -0.480 e. The number of hydrogen-bond donors (Lipinski definition) is 1. The fraction of sp³-hybridized carbons (Fsp3) is 0.385. The molecule has 1 aliphatic heterocycles. The third-order valence-electron chi connectivity index (χ3n) is 2.98. The average molecular weight is 283 g/mol. The highest BCUT2D eigenvalue weighted by Gasteiger charge is 2.32. The van der Waals surface area contributed by atoms with Gasteiger partial charge in [0, 0.05) is 18.1 Å². The maximum Gasteiger partial charge on any atom is 0.327 e. The third kappa shape index (κ3) is 3.47. The number of aliphatic carboxylic acids is 1. The maximum absolute atomic E-state index is 13.0. The van der Waals surface area contributed by atoms with Gasteiger partial charge < -0.3 is 10.0 Å². The van der Waals surface area contributed by atoms with E-state index in [0.29, 0.717) is 17.9 Å². The first kappa shape index (κ1) is 13.9. The van der Waals surface area contributed by atoms with Gasteiger partial charge in [0.1, 0.15) is 11.9 Å². The summed E-state index contributed by atoms with van der Waals surface area (Å²) in [6, 6.07) is 5.03. The maximum atomic E-state index is 13.0. The molecule has 1 heterocycles. The Kier molecular flexibility index (Phi) is 4.42. The minimum absolute atomic E-state index is 0.0339. The van der Waals surface area contributed by atoms with E-state index in [1.165, 1.54) is 28.8 Å². The standard InChI is InChI=1S/C13H14FNO3S/c14-10-3-1-2-9(6-10)7-12(16)15-4-5-19-8-11(15)13(17)18/h1-3,6,11H,4-5,7-8H2,(H,17,18). The molecule has 0 bridgehead atoms. The van der Waals surface area contributed by atoms with Gasteiger partial charge in [0.15, 0.2) is 0 Å². The van der Waals surface area contributed by atoms with Crippen molar-refractivity contribution >= 4 is 23.6 Å². The molecular formula is C13H14FNO3S. The van der Waals surface area contributed by atoms with E-state index in [1.54, 1.807) is 12.1 Å². The number of amides is 1. The van der Waals surface area contributed by atoms with Gasteiger partial charge in [-0.2, -0.15) is 11.8 Å². The molecule has 102 valence electrons. The number of carboxylic acid groups (broad SMARTS) is 1. The van der Waals surface area contributed by atoms with Crippen LogP contribution in [0.25, 0.3) is 0 Å². The van der Waals surface area contributed by atoms with Crippen LogP contribution in [0.2, 0.25) is 0 Å². The highest BCUT2D eigenvalue weighted by Crippen LogP contribution is 2.18. The van der Waals surface area contributed by atoms with Gasteiger partial charge >= 0.3 is 5.97 Å². The number of benzene rings is 1. The third-order valence-corrected chi connectivity index (χ3v) is 4.00. The first-order chi connectivity index (χ1) is 9.08. The molecule has 1 N–H and O–H groups in total. The second kappa shape index (κ2) is 6.06. The first-order valence-corrected chi connectivity index (χ1v) is 7.08. The Labute approximate surface area is 114 Å². The van der Waals surface area contributed by atoms with Gasteiger partial charge in [-0.05, 0) is 17.7 Å². The van der Waals surface area contributed by atoms with Gasteiger partial charge in [-0.15, -0.1) is 0 Å². The summed E-state index contributed by atoms with van der Waals surface area (Å²) in [7, 11) is 0. The predicted molar refractivity (Wildman–Crippen MR) is 70.6 cm³/mol. The molecule has 1 aromatic rings. The molecule has 6 heteroatoms. The molecule has 0 radical (unpaired) electrons. The average Bonchev–Trinajstić information content (AvgIpc) is 2.38. The van der Waals surface area contributed by atoms with Crippen LogP contribution in [-0.4, -0.2) is 46.0 Å². The quantitative estimate of drug-likeness (QED) is 0.911. The van der Waals surface area contributed by atoms with Gasteiger partial charge in [-0.3, -0.25) is 4.79 Å².